The van der Waals surface area contributed by atoms with Gasteiger partial charge in [-0.05, 0) is 75.3 Å². The van der Waals surface area contributed by atoms with Crippen LogP contribution < -0.4 is 0 Å². The summed E-state index contributed by atoms with van der Waals surface area (Å²) in [5.74, 6) is 0. The fraction of sp³-hybridized carbons (Fsp3) is 0.200. The van der Waals surface area contributed by atoms with E-state index in [1.165, 1.54) is 12.1 Å². The summed E-state index contributed by atoms with van der Waals surface area (Å²) in [6, 6.07) is 10.9. The van der Waals surface area contributed by atoms with Gasteiger partial charge >= 0.3 is 0 Å². The summed E-state index contributed by atoms with van der Waals surface area (Å²) in [5.41, 5.74) is 4.27. The summed E-state index contributed by atoms with van der Waals surface area (Å²) < 4.78 is 36.9. The van der Waals surface area contributed by atoms with E-state index in [-0.39, 0.29) is 10.3 Å². The van der Waals surface area contributed by atoms with Gasteiger partial charge in [-0.2, -0.15) is 0 Å². The third kappa shape index (κ3) is 3.17. The minimum Gasteiger partial charge on any atom is -0.233 e. The van der Waals surface area contributed by atoms with Crippen LogP contribution in [0.3, 0.4) is 0 Å². The molecule has 2 nitrogen and oxygen atoms in total. The molecule has 0 bridgehead atoms. The first kappa shape index (κ1) is 18.0. The summed E-state index contributed by atoms with van der Waals surface area (Å²) in [4.78, 5) is 0.00301. The Morgan fingerprint density at radius 2 is 1.58 bits per heavy atom. The van der Waals surface area contributed by atoms with Crippen molar-refractivity contribution in [3.05, 3.63) is 75.2 Å². The molecule has 0 atom stereocenters. The van der Waals surface area contributed by atoms with Crippen LogP contribution in [0.5, 0.6) is 0 Å². The Morgan fingerprint density at radius 1 is 1.00 bits per heavy atom. The van der Waals surface area contributed by atoms with Crippen molar-refractivity contribution in [2.24, 2.45) is 5.41 Å². The fourth-order valence-electron chi connectivity index (χ4n) is 3.25. The highest BCUT2D eigenvalue weighted by atomic mass is 79.9. The maximum Gasteiger partial charge on any atom is 0.207 e. The van der Waals surface area contributed by atoms with Gasteiger partial charge in [0.15, 0.2) is 6.01 Å². The molecule has 0 saturated heterocycles. The Kier molecular flexibility index (Phi) is 4.37. The van der Waals surface area contributed by atoms with Crippen molar-refractivity contribution in [3.8, 4) is 0 Å². The lowest BCUT2D eigenvalue weighted by Gasteiger charge is -2.11. The topological polar surface area (TPSA) is 34.1 Å². The second-order valence-electron chi connectivity index (χ2n) is 6.73. The lowest BCUT2D eigenvalue weighted by Crippen LogP contribution is -2.02. The number of alkyl halides is 1. The predicted molar refractivity (Wildman–Crippen MR) is 106 cm³/mol. The minimum absolute atomic E-state index is 0.00301. The van der Waals surface area contributed by atoms with Crippen LogP contribution >= 0.6 is 27.5 Å². The van der Waals surface area contributed by atoms with Crippen molar-refractivity contribution in [1.82, 2.24) is 0 Å². The third-order valence-electron chi connectivity index (χ3n) is 4.88. The molecule has 6 heteroatoms. The van der Waals surface area contributed by atoms with Crippen molar-refractivity contribution >= 4 is 48.5 Å². The van der Waals surface area contributed by atoms with Gasteiger partial charge in [0.25, 0.3) is 0 Å². The molecule has 134 valence electrons. The normalized spacial score (nSPS) is 18.0. The average molecular weight is 454 g/mol. The molecule has 0 aromatic heterocycles. The summed E-state index contributed by atoms with van der Waals surface area (Å²) in [6.07, 6.45) is 6.76. The van der Waals surface area contributed by atoms with Crippen LogP contribution in [0.25, 0.3) is 11.1 Å². The first-order chi connectivity index (χ1) is 12.3. The lowest BCUT2D eigenvalue weighted by molar-refractivity contribution is 0.534. The maximum atomic E-state index is 12.7. The Hall–Kier alpha value is -1.43. The second kappa shape index (κ2) is 6.32. The largest absolute Gasteiger partial charge is 0.233 e. The lowest BCUT2D eigenvalue weighted by atomic mass is 9.95. The summed E-state index contributed by atoms with van der Waals surface area (Å²) in [5, 5.41) is 0.653. The Balaban J connectivity index is 1.75. The van der Waals surface area contributed by atoms with Crippen LogP contribution in [0.4, 0.5) is 4.39 Å². The minimum atomic E-state index is -3.85. The Bertz CT molecular complexity index is 1050. The van der Waals surface area contributed by atoms with E-state index >= 15 is 0 Å². The molecule has 0 aliphatic heterocycles. The molecule has 0 radical (unpaired) electrons. The van der Waals surface area contributed by atoms with Gasteiger partial charge in [-0.15, -0.1) is 0 Å². The van der Waals surface area contributed by atoms with Crippen molar-refractivity contribution in [2.75, 3.05) is 6.01 Å². The van der Waals surface area contributed by atoms with Crippen LogP contribution in [0, 0.1) is 5.41 Å². The second-order valence-corrected chi connectivity index (χ2v) is 9.91. The molecule has 4 rings (SSSR count). The highest BCUT2D eigenvalue weighted by Crippen LogP contribution is 2.57. The molecule has 1 saturated carbocycles. The number of halogens is 3. The molecule has 2 aromatic rings. The van der Waals surface area contributed by atoms with Crippen LogP contribution in [-0.4, -0.2) is 14.4 Å². The van der Waals surface area contributed by atoms with Crippen LogP contribution in [0.2, 0.25) is 5.02 Å². The molecule has 2 aliphatic carbocycles. The molecule has 1 spiro atoms. The van der Waals surface area contributed by atoms with E-state index in [1.807, 2.05) is 18.2 Å². The van der Waals surface area contributed by atoms with Crippen molar-refractivity contribution in [3.63, 3.8) is 0 Å². The Morgan fingerprint density at radius 3 is 2.12 bits per heavy atom. The molecule has 26 heavy (non-hydrogen) atoms. The van der Waals surface area contributed by atoms with Gasteiger partial charge in [-0.25, -0.2) is 12.8 Å². The van der Waals surface area contributed by atoms with Gasteiger partial charge in [-0.3, -0.25) is 0 Å². The number of hydrogen-bond donors (Lipinski definition) is 0. The average Bonchev–Trinajstić information content (AvgIpc) is 3.28. The molecule has 0 amide bonds. The SMILES string of the molecule is O=S(=O)(CF)c1ccc(C2=CC3(C=C2c2ccc(Cl)c(Br)c2)CC3)cc1. The van der Waals surface area contributed by atoms with Gasteiger partial charge in [0, 0.05) is 9.89 Å². The summed E-state index contributed by atoms with van der Waals surface area (Å²) >= 11 is 9.59. The highest BCUT2D eigenvalue weighted by molar-refractivity contribution is 9.10. The smallest absolute Gasteiger partial charge is 0.207 e. The van der Waals surface area contributed by atoms with Crippen LogP contribution in [0.1, 0.15) is 24.0 Å². The highest BCUT2D eigenvalue weighted by Gasteiger charge is 2.43. The summed E-state index contributed by atoms with van der Waals surface area (Å²) in [6.45, 7) is 0. The van der Waals surface area contributed by atoms with E-state index in [0.717, 1.165) is 39.6 Å². The Labute approximate surface area is 165 Å². The first-order valence-electron chi connectivity index (χ1n) is 8.14. The zero-order valence-electron chi connectivity index (χ0n) is 13.7. The van der Waals surface area contributed by atoms with Crippen molar-refractivity contribution in [1.29, 1.82) is 0 Å². The fourth-order valence-corrected chi connectivity index (χ4v) is 4.42. The van der Waals surface area contributed by atoms with Gasteiger partial charge < -0.3 is 0 Å². The number of allylic oxidation sites excluding steroid dienone is 4. The van der Waals surface area contributed by atoms with Crippen molar-refractivity contribution in [2.45, 2.75) is 17.7 Å². The van der Waals surface area contributed by atoms with E-state index in [4.69, 9.17) is 11.6 Å². The number of hydrogen-bond acceptors (Lipinski definition) is 2. The van der Waals surface area contributed by atoms with Gasteiger partial charge in [0.1, 0.15) is 0 Å². The first-order valence-corrected chi connectivity index (χ1v) is 11.0. The van der Waals surface area contributed by atoms with E-state index in [0.29, 0.717) is 5.02 Å². The molecule has 2 aromatic carbocycles. The number of rotatable bonds is 4. The standard InChI is InChI=1S/C20H15BrClFO2S/c21-18-9-14(3-6-19(18)22)17-11-20(7-8-20)10-16(17)13-1-4-15(5-2-13)26(24,25)12-23/h1-6,9-11H,7-8,12H2. The van der Waals surface area contributed by atoms with E-state index in [9.17, 15) is 12.8 Å². The summed E-state index contributed by atoms with van der Waals surface area (Å²) in [7, 11) is -3.85. The zero-order chi connectivity index (χ0) is 18.5. The van der Waals surface area contributed by atoms with Crippen LogP contribution in [-0.2, 0) is 9.84 Å². The zero-order valence-corrected chi connectivity index (χ0v) is 16.8. The molecule has 2 aliphatic rings. The molecule has 0 heterocycles. The molecule has 0 N–H and O–H groups in total. The quantitative estimate of drug-likeness (QED) is 0.563. The van der Waals surface area contributed by atoms with Crippen LogP contribution in [0.15, 0.2) is 64.0 Å². The van der Waals surface area contributed by atoms with Crippen molar-refractivity contribution < 1.29 is 12.8 Å². The van der Waals surface area contributed by atoms with Gasteiger partial charge in [0.2, 0.25) is 9.84 Å². The van der Waals surface area contributed by atoms with Gasteiger partial charge in [-0.1, -0.05) is 42.0 Å². The van der Waals surface area contributed by atoms with Gasteiger partial charge in [0.05, 0.1) is 9.92 Å². The molecular formula is C20H15BrClFO2S. The molecule has 0 unspecified atom stereocenters. The monoisotopic (exact) mass is 452 g/mol. The predicted octanol–water partition coefficient (Wildman–Crippen LogP) is 6.06. The molecule has 1 fully saturated rings. The maximum absolute atomic E-state index is 12.7. The number of benzene rings is 2. The third-order valence-corrected chi connectivity index (χ3v) is 7.37. The molecular weight excluding hydrogens is 439 g/mol. The van der Waals surface area contributed by atoms with E-state index < -0.39 is 15.8 Å². The van der Waals surface area contributed by atoms with E-state index in [1.54, 1.807) is 12.1 Å². The van der Waals surface area contributed by atoms with E-state index in [2.05, 4.69) is 28.1 Å². The number of sulfone groups is 1.